The molecule has 0 amide bonds. The third-order valence-electron chi connectivity index (χ3n) is 3.12. The fourth-order valence-electron chi connectivity index (χ4n) is 2.06. The molecule has 0 spiro atoms. The van der Waals surface area contributed by atoms with Crippen LogP contribution in [-0.2, 0) is 0 Å². The fourth-order valence-corrected chi connectivity index (χ4v) is 3.02. The summed E-state index contributed by atoms with van der Waals surface area (Å²) < 4.78 is 10.6. The maximum Gasteiger partial charge on any atom is 0.134 e. The van der Waals surface area contributed by atoms with E-state index in [-0.39, 0.29) is 0 Å². The van der Waals surface area contributed by atoms with Gasteiger partial charge in [0.15, 0.2) is 0 Å². The van der Waals surface area contributed by atoms with E-state index in [1.807, 2.05) is 5.38 Å². The summed E-state index contributed by atoms with van der Waals surface area (Å²) in [4.78, 5) is 4.53. The topological polar surface area (TPSA) is 59.0 Å². The first-order valence-electron chi connectivity index (χ1n) is 6.66. The summed E-state index contributed by atoms with van der Waals surface area (Å²) in [6, 6.07) is 11.0. The summed E-state index contributed by atoms with van der Waals surface area (Å²) in [5, 5.41) is 12.4. The van der Waals surface area contributed by atoms with Gasteiger partial charge >= 0.3 is 0 Å². The lowest BCUT2D eigenvalue weighted by atomic mass is 10.1. The van der Waals surface area contributed by atoms with Crippen LogP contribution in [0.3, 0.4) is 0 Å². The van der Waals surface area contributed by atoms with Crippen molar-refractivity contribution >= 4 is 34.6 Å². The second-order valence-electron chi connectivity index (χ2n) is 4.57. The Labute approximate surface area is 142 Å². The summed E-state index contributed by atoms with van der Waals surface area (Å²) in [6.07, 6.45) is 3.22. The van der Waals surface area contributed by atoms with Crippen molar-refractivity contribution in [3.8, 4) is 23.1 Å². The van der Waals surface area contributed by atoms with Gasteiger partial charge in [-0.25, -0.2) is 4.98 Å². The summed E-state index contributed by atoms with van der Waals surface area (Å²) in [5.74, 6) is 1.29. The van der Waals surface area contributed by atoms with Gasteiger partial charge in [0, 0.05) is 22.0 Å². The Morgan fingerprint density at radius 1 is 1.43 bits per heavy atom. The quantitative estimate of drug-likeness (QED) is 0.617. The molecule has 1 aromatic carbocycles. The summed E-state index contributed by atoms with van der Waals surface area (Å²) in [7, 11) is 1.59. The highest BCUT2D eigenvalue weighted by Gasteiger charge is 2.13. The number of nitriles is 1. The molecule has 114 valence electrons. The standard InChI is InChI=1S/C17H11ClN2O2S/c1-21-16-5-4-12(18)8-14(16)15-10-23-17(20-15)11(9-19)7-13-3-2-6-22-13/h2-8,10H,1H3/b11-7-. The summed E-state index contributed by atoms with van der Waals surface area (Å²) in [6.45, 7) is 0. The zero-order valence-electron chi connectivity index (χ0n) is 12.1. The molecule has 0 radical (unpaired) electrons. The van der Waals surface area contributed by atoms with E-state index < -0.39 is 0 Å². The molecule has 0 aliphatic carbocycles. The number of halogens is 1. The molecule has 0 aliphatic heterocycles. The Morgan fingerprint density at radius 2 is 2.30 bits per heavy atom. The average molecular weight is 343 g/mol. The highest BCUT2D eigenvalue weighted by molar-refractivity contribution is 7.11. The Morgan fingerprint density at radius 3 is 3.00 bits per heavy atom. The van der Waals surface area contributed by atoms with Crippen LogP contribution in [0.1, 0.15) is 10.8 Å². The Balaban J connectivity index is 2.01. The molecule has 2 aromatic heterocycles. The molecule has 0 bridgehead atoms. The molecule has 6 heteroatoms. The molecule has 0 fully saturated rings. The van der Waals surface area contributed by atoms with E-state index >= 15 is 0 Å². The number of thiazole rings is 1. The third-order valence-corrected chi connectivity index (χ3v) is 4.23. The predicted molar refractivity (Wildman–Crippen MR) is 91.3 cm³/mol. The number of allylic oxidation sites excluding steroid dienone is 1. The van der Waals surface area contributed by atoms with Gasteiger partial charge in [-0.2, -0.15) is 5.26 Å². The fraction of sp³-hybridized carbons (Fsp3) is 0.0588. The van der Waals surface area contributed by atoms with Gasteiger partial charge in [-0.15, -0.1) is 11.3 Å². The van der Waals surface area contributed by atoms with Crippen molar-refractivity contribution in [2.45, 2.75) is 0 Å². The predicted octanol–water partition coefficient (Wildman–Crippen LogP) is 5.13. The molecule has 0 saturated carbocycles. The van der Waals surface area contributed by atoms with Crippen LogP contribution in [0.5, 0.6) is 5.75 Å². The second-order valence-corrected chi connectivity index (χ2v) is 5.86. The molecule has 3 rings (SSSR count). The minimum atomic E-state index is 0.442. The van der Waals surface area contributed by atoms with Gasteiger partial charge in [0.05, 0.1) is 24.6 Å². The molecule has 0 N–H and O–H groups in total. The van der Waals surface area contributed by atoms with E-state index in [9.17, 15) is 5.26 Å². The molecule has 23 heavy (non-hydrogen) atoms. The molecular weight excluding hydrogens is 332 g/mol. The molecule has 3 aromatic rings. The van der Waals surface area contributed by atoms with Crippen molar-refractivity contribution in [2.75, 3.05) is 7.11 Å². The maximum absolute atomic E-state index is 9.36. The van der Waals surface area contributed by atoms with Crippen LogP contribution in [0.15, 0.2) is 46.4 Å². The summed E-state index contributed by atoms with van der Waals surface area (Å²) in [5.41, 5.74) is 1.94. The van der Waals surface area contributed by atoms with E-state index in [0.29, 0.717) is 32.8 Å². The van der Waals surface area contributed by atoms with Gasteiger partial charge in [0.25, 0.3) is 0 Å². The van der Waals surface area contributed by atoms with E-state index in [4.69, 9.17) is 20.8 Å². The summed E-state index contributed by atoms with van der Waals surface area (Å²) >= 11 is 7.44. The van der Waals surface area contributed by atoms with Gasteiger partial charge in [0.2, 0.25) is 0 Å². The monoisotopic (exact) mass is 342 g/mol. The lowest BCUT2D eigenvalue weighted by Crippen LogP contribution is -1.88. The van der Waals surface area contributed by atoms with Crippen LogP contribution in [0.2, 0.25) is 5.02 Å². The van der Waals surface area contributed by atoms with E-state index in [0.717, 1.165) is 5.56 Å². The van der Waals surface area contributed by atoms with Crippen molar-refractivity contribution in [1.29, 1.82) is 5.26 Å². The van der Waals surface area contributed by atoms with Gasteiger partial charge in [-0.1, -0.05) is 11.6 Å². The van der Waals surface area contributed by atoms with Gasteiger partial charge < -0.3 is 9.15 Å². The zero-order chi connectivity index (χ0) is 16.2. The molecular formula is C17H11ClN2O2S. The Hall–Kier alpha value is -2.55. The molecule has 0 aliphatic rings. The number of furan rings is 1. The number of benzene rings is 1. The lowest BCUT2D eigenvalue weighted by molar-refractivity contribution is 0.416. The van der Waals surface area contributed by atoms with Crippen LogP contribution in [0.4, 0.5) is 0 Å². The van der Waals surface area contributed by atoms with Crippen LogP contribution in [-0.4, -0.2) is 12.1 Å². The molecule has 2 heterocycles. The smallest absolute Gasteiger partial charge is 0.134 e. The molecule has 0 unspecified atom stereocenters. The second kappa shape index (κ2) is 6.69. The number of aromatic nitrogens is 1. The highest BCUT2D eigenvalue weighted by atomic mass is 35.5. The van der Waals surface area contributed by atoms with Crippen molar-refractivity contribution in [3.05, 3.63) is 57.8 Å². The van der Waals surface area contributed by atoms with E-state index in [1.54, 1.807) is 49.8 Å². The first-order valence-corrected chi connectivity index (χ1v) is 7.92. The van der Waals surface area contributed by atoms with Crippen LogP contribution < -0.4 is 4.74 Å². The van der Waals surface area contributed by atoms with Crippen molar-refractivity contribution in [2.24, 2.45) is 0 Å². The molecule has 0 saturated heterocycles. The molecule has 4 nitrogen and oxygen atoms in total. The van der Waals surface area contributed by atoms with Gasteiger partial charge in [-0.3, -0.25) is 0 Å². The SMILES string of the molecule is COc1ccc(Cl)cc1-c1csc(/C(C#N)=C\c2ccco2)n1. The number of hydrogen-bond donors (Lipinski definition) is 0. The lowest BCUT2D eigenvalue weighted by Gasteiger charge is -2.06. The van der Waals surface area contributed by atoms with Crippen molar-refractivity contribution in [3.63, 3.8) is 0 Å². The first-order chi connectivity index (χ1) is 11.2. The van der Waals surface area contributed by atoms with E-state index in [1.165, 1.54) is 11.3 Å². The van der Waals surface area contributed by atoms with Gasteiger partial charge in [0.1, 0.15) is 22.6 Å². The van der Waals surface area contributed by atoms with Crippen molar-refractivity contribution < 1.29 is 9.15 Å². The third kappa shape index (κ3) is 3.29. The zero-order valence-corrected chi connectivity index (χ0v) is 13.7. The Bertz CT molecular complexity index is 892. The number of rotatable bonds is 4. The minimum Gasteiger partial charge on any atom is -0.496 e. The highest BCUT2D eigenvalue weighted by Crippen LogP contribution is 2.34. The van der Waals surface area contributed by atoms with Crippen LogP contribution >= 0.6 is 22.9 Å². The Kier molecular flexibility index (Phi) is 4.47. The minimum absolute atomic E-state index is 0.442. The maximum atomic E-state index is 9.36. The average Bonchev–Trinajstić information content (AvgIpc) is 3.24. The molecule has 0 atom stereocenters. The van der Waals surface area contributed by atoms with Crippen LogP contribution in [0, 0.1) is 11.3 Å². The first kappa shape index (κ1) is 15.3. The number of hydrogen-bond acceptors (Lipinski definition) is 5. The van der Waals surface area contributed by atoms with Crippen molar-refractivity contribution in [1.82, 2.24) is 4.98 Å². The van der Waals surface area contributed by atoms with Gasteiger partial charge in [-0.05, 0) is 30.3 Å². The normalized spacial score (nSPS) is 11.3. The van der Waals surface area contributed by atoms with E-state index in [2.05, 4.69) is 11.1 Å². The number of methoxy groups -OCH3 is 1. The largest absolute Gasteiger partial charge is 0.496 e. The number of ether oxygens (including phenoxy) is 1. The van der Waals surface area contributed by atoms with Crippen LogP contribution in [0.25, 0.3) is 22.9 Å². The number of nitrogens with zero attached hydrogens (tertiary/aromatic N) is 2.